The zero-order valence-electron chi connectivity index (χ0n) is 7.46. The number of amides is 1. The molecule has 2 unspecified atom stereocenters. The average Bonchev–Trinajstić information content (AvgIpc) is 2.03. The van der Waals surface area contributed by atoms with Crippen LogP contribution in [0.15, 0.2) is 11.8 Å². The topological polar surface area (TPSA) is 66.0 Å². The maximum absolute atomic E-state index is 11.3. The summed E-state index contributed by atoms with van der Waals surface area (Å²) < 4.78 is 5.16. The Morgan fingerprint density at radius 3 is 2.92 bits per heavy atom. The van der Waals surface area contributed by atoms with Crippen LogP contribution in [0.5, 0.6) is 0 Å². The van der Waals surface area contributed by atoms with E-state index in [1.807, 2.05) is 13.0 Å². The molecule has 2 atom stereocenters. The first kappa shape index (κ1) is 9.22. The lowest BCUT2D eigenvalue weighted by Gasteiger charge is -2.25. The Labute approximate surface area is 71.8 Å². The van der Waals surface area contributed by atoms with E-state index in [1.54, 1.807) is 7.11 Å². The quantitative estimate of drug-likeness (QED) is 0.553. The Morgan fingerprint density at radius 1 is 1.75 bits per heavy atom. The summed E-state index contributed by atoms with van der Waals surface area (Å²) in [6.07, 6.45) is 1.80. The second-order valence-corrected chi connectivity index (χ2v) is 2.93. The second kappa shape index (κ2) is 3.69. The summed E-state index contributed by atoms with van der Waals surface area (Å²) in [4.78, 5) is 11.3. The van der Waals surface area contributed by atoms with E-state index in [9.17, 15) is 4.79 Å². The smallest absolute Gasteiger partial charge is 0.235 e. The van der Waals surface area contributed by atoms with E-state index >= 15 is 0 Å². The molecule has 4 heteroatoms. The first-order chi connectivity index (χ1) is 5.69. The molecule has 0 aliphatic carbocycles. The highest BCUT2D eigenvalue weighted by molar-refractivity contribution is 5.82. The molecular formula is C8H15N2O2+. The van der Waals surface area contributed by atoms with Crippen LogP contribution >= 0.6 is 0 Å². The predicted octanol–water partition coefficient (Wildman–Crippen LogP) is -1.11. The minimum Gasteiger partial charge on any atom is -0.376 e. The van der Waals surface area contributed by atoms with Crippen LogP contribution in [0.3, 0.4) is 0 Å². The normalized spacial score (nSPS) is 29.6. The zero-order valence-corrected chi connectivity index (χ0v) is 7.46. The fourth-order valence-electron chi connectivity index (χ4n) is 1.37. The number of allylic oxidation sites excluding steroid dienone is 1. The molecule has 0 radical (unpaired) electrons. The van der Waals surface area contributed by atoms with E-state index in [1.165, 1.54) is 0 Å². The van der Waals surface area contributed by atoms with E-state index in [4.69, 9.17) is 4.74 Å². The van der Waals surface area contributed by atoms with E-state index in [0.717, 1.165) is 5.70 Å². The van der Waals surface area contributed by atoms with E-state index in [2.05, 4.69) is 11.1 Å². The third-order valence-electron chi connectivity index (χ3n) is 2.05. The Hall–Kier alpha value is -0.870. The third kappa shape index (κ3) is 1.65. The van der Waals surface area contributed by atoms with Crippen LogP contribution < -0.4 is 11.1 Å². The third-order valence-corrected chi connectivity index (χ3v) is 2.05. The number of ether oxygens (including phenoxy) is 1. The van der Waals surface area contributed by atoms with Crippen molar-refractivity contribution < 1.29 is 15.3 Å². The number of rotatable bonds is 2. The molecule has 1 aliphatic rings. The van der Waals surface area contributed by atoms with Crippen molar-refractivity contribution in [2.75, 3.05) is 13.7 Å². The summed E-state index contributed by atoms with van der Waals surface area (Å²) >= 11 is 0. The minimum atomic E-state index is -0.140. The van der Waals surface area contributed by atoms with Crippen molar-refractivity contribution in [3.8, 4) is 0 Å². The highest BCUT2D eigenvalue weighted by atomic mass is 16.5. The van der Waals surface area contributed by atoms with Gasteiger partial charge in [0.15, 0.2) is 0 Å². The van der Waals surface area contributed by atoms with Crippen LogP contribution in [-0.2, 0) is 9.53 Å². The first-order valence-electron chi connectivity index (χ1n) is 4.00. The number of quaternary nitrogens is 1. The number of methoxy groups -OCH3 is 1. The van der Waals surface area contributed by atoms with Gasteiger partial charge >= 0.3 is 0 Å². The van der Waals surface area contributed by atoms with Gasteiger partial charge in [-0.25, -0.2) is 0 Å². The Kier molecular flexibility index (Phi) is 2.83. The molecule has 4 N–H and O–H groups in total. The van der Waals surface area contributed by atoms with Gasteiger partial charge in [-0.15, -0.1) is 0 Å². The number of nitrogens with one attached hydrogen (secondary N) is 1. The average molecular weight is 171 g/mol. The molecule has 1 rings (SSSR count). The maximum atomic E-state index is 11.3. The lowest BCUT2D eigenvalue weighted by atomic mass is 9.97. The number of hydrogen-bond acceptors (Lipinski definition) is 2. The van der Waals surface area contributed by atoms with Crippen LogP contribution in [0, 0.1) is 5.92 Å². The van der Waals surface area contributed by atoms with Gasteiger partial charge in [0.2, 0.25) is 5.91 Å². The van der Waals surface area contributed by atoms with Crippen molar-refractivity contribution >= 4 is 5.91 Å². The predicted molar refractivity (Wildman–Crippen MR) is 43.9 cm³/mol. The van der Waals surface area contributed by atoms with Gasteiger partial charge in [0, 0.05) is 12.8 Å². The molecule has 0 spiro atoms. The molecule has 0 fully saturated rings. The molecule has 0 aromatic rings. The van der Waals surface area contributed by atoms with E-state index in [-0.39, 0.29) is 17.9 Å². The van der Waals surface area contributed by atoms with Gasteiger partial charge in [-0.2, -0.15) is 0 Å². The van der Waals surface area contributed by atoms with Gasteiger partial charge in [-0.3, -0.25) is 4.79 Å². The van der Waals surface area contributed by atoms with Crippen molar-refractivity contribution in [2.24, 2.45) is 5.92 Å². The second-order valence-electron chi connectivity index (χ2n) is 2.93. The Morgan fingerprint density at radius 2 is 2.42 bits per heavy atom. The maximum Gasteiger partial charge on any atom is 0.235 e. The van der Waals surface area contributed by atoms with Gasteiger partial charge < -0.3 is 15.8 Å². The molecule has 0 bridgehead atoms. The minimum absolute atomic E-state index is 0.0110. The van der Waals surface area contributed by atoms with Crippen molar-refractivity contribution in [3.63, 3.8) is 0 Å². The Bertz CT molecular complexity index is 213. The molecule has 0 aromatic carbocycles. The van der Waals surface area contributed by atoms with Gasteiger partial charge in [-0.05, 0) is 13.0 Å². The summed E-state index contributed by atoms with van der Waals surface area (Å²) in [6, 6.07) is 0. The van der Waals surface area contributed by atoms with Gasteiger partial charge in [0.05, 0.1) is 12.6 Å². The number of hydrogen-bond donors (Lipinski definition) is 2. The van der Waals surface area contributed by atoms with Crippen molar-refractivity contribution in [2.45, 2.75) is 13.0 Å². The van der Waals surface area contributed by atoms with Crippen LogP contribution in [0.4, 0.5) is 0 Å². The van der Waals surface area contributed by atoms with Crippen LogP contribution in [0.1, 0.15) is 6.92 Å². The summed E-state index contributed by atoms with van der Waals surface area (Å²) in [6.45, 7) is 2.41. The number of carbonyl (C=O) groups is 1. The highest BCUT2D eigenvalue weighted by Gasteiger charge is 2.31. The molecule has 12 heavy (non-hydrogen) atoms. The van der Waals surface area contributed by atoms with Crippen molar-refractivity contribution in [1.82, 2.24) is 5.32 Å². The van der Waals surface area contributed by atoms with Crippen LogP contribution in [-0.4, -0.2) is 25.7 Å². The van der Waals surface area contributed by atoms with Crippen LogP contribution in [0.25, 0.3) is 0 Å². The first-order valence-corrected chi connectivity index (χ1v) is 4.00. The van der Waals surface area contributed by atoms with E-state index in [0.29, 0.717) is 6.54 Å². The lowest BCUT2D eigenvalue weighted by Crippen LogP contribution is -2.60. The molecule has 1 aliphatic heterocycles. The van der Waals surface area contributed by atoms with E-state index < -0.39 is 0 Å². The summed E-state index contributed by atoms with van der Waals surface area (Å²) in [7, 11) is 1.61. The molecule has 4 nitrogen and oxygen atoms in total. The molecule has 68 valence electrons. The summed E-state index contributed by atoms with van der Waals surface area (Å²) in [5, 5.41) is 2.75. The van der Waals surface area contributed by atoms with Crippen LogP contribution in [0.2, 0.25) is 0 Å². The monoisotopic (exact) mass is 171 g/mol. The fraction of sp³-hybridized carbons (Fsp3) is 0.625. The lowest BCUT2D eigenvalue weighted by molar-refractivity contribution is -0.379. The molecule has 0 saturated carbocycles. The van der Waals surface area contributed by atoms with Crippen molar-refractivity contribution in [1.29, 1.82) is 0 Å². The molecular weight excluding hydrogens is 156 g/mol. The summed E-state index contributed by atoms with van der Waals surface area (Å²) in [5.74, 6) is -0.129. The fourth-order valence-corrected chi connectivity index (χ4v) is 1.37. The zero-order chi connectivity index (χ0) is 9.14. The van der Waals surface area contributed by atoms with Gasteiger partial charge in [-0.1, -0.05) is 0 Å². The Balaban J connectivity index is 2.80. The van der Waals surface area contributed by atoms with Gasteiger partial charge in [0.25, 0.3) is 0 Å². The number of carbonyl (C=O) groups excluding carboxylic acids is 1. The standard InChI is InChI=1S/C8H14N2O2/c1-5-3-7(12-2)6(4-9)8(11)10-5/h3,6-7H,4,9H2,1-2H3,(H,10,11)/p+1. The molecule has 0 aromatic heterocycles. The SMILES string of the molecule is COC1C=C(C)NC(=O)C1C[NH3+]. The van der Waals surface area contributed by atoms with Crippen molar-refractivity contribution in [3.05, 3.63) is 11.8 Å². The molecule has 1 heterocycles. The molecule has 0 saturated heterocycles. The van der Waals surface area contributed by atoms with Gasteiger partial charge in [0.1, 0.15) is 5.92 Å². The highest BCUT2D eigenvalue weighted by Crippen LogP contribution is 2.14. The summed E-state index contributed by atoms with van der Waals surface area (Å²) in [5.41, 5.74) is 4.57. The molecule has 1 amide bonds. The largest absolute Gasteiger partial charge is 0.376 e.